The topological polar surface area (TPSA) is 57.4 Å². The van der Waals surface area contributed by atoms with Crippen molar-refractivity contribution in [2.75, 3.05) is 0 Å². The summed E-state index contributed by atoms with van der Waals surface area (Å²) in [6.07, 6.45) is 7.24. The van der Waals surface area contributed by atoms with Gasteiger partial charge in [0, 0.05) is 34.6 Å². The van der Waals surface area contributed by atoms with Gasteiger partial charge < -0.3 is 4.98 Å². The molecule has 0 aliphatic heterocycles. The maximum absolute atomic E-state index is 4.52. The van der Waals surface area contributed by atoms with Gasteiger partial charge in [-0.05, 0) is 30.4 Å². The highest BCUT2D eigenvalue weighted by Gasteiger charge is 2.35. The summed E-state index contributed by atoms with van der Waals surface area (Å²) in [6.45, 7) is 4.63. The van der Waals surface area contributed by atoms with Crippen LogP contribution >= 0.6 is 0 Å². The molecule has 4 nitrogen and oxygen atoms in total. The summed E-state index contributed by atoms with van der Waals surface area (Å²) in [6, 6.07) is 4.21. The van der Waals surface area contributed by atoms with E-state index < -0.39 is 0 Å². The molecule has 3 aromatic heterocycles. The Morgan fingerprint density at radius 3 is 3.10 bits per heavy atom. The van der Waals surface area contributed by atoms with Crippen LogP contribution in [-0.2, 0) is 12.8 Å². The van der Waals surface area contributed by atoms with Gasteiger partial charge in [0.2, 0.25) is 0 Å². The summed E-state index contributed by atoms with van der Waals surface area (Å²) in [5.41, 5.74) is 6.18. The van der Waals surface area contributed by atoms with E-state index in [9.17, 15) is 0 Å². The standard InChI is InChI=1S/C16H18N4/c1-3-16(2)7-12-13(8-16)19-20-14(12)11-6-10-4-5-17-15(10)18-9-11/h4-6,9H,3,7-8H2,1-2H3,(H,17,18)(H,19,20). The lowest BCUT2D eigenvalue weighted by atomic mass is 9.84. The SMILES string of the molecule is CCC1(C)Cc2[nH]nc(-c3cnc4[nH]ccc4c3)c2C1. The maximum Gasteiger partial charge on any atom is 0.137 e. The third-order valence-electron chi connectivity index (χ3n) is 4.69. The van der Waals surface area contributed by atoms with Gasteiger partial charge in [-0.1, -0.05) is 20.3 Å². The van der Waals surface area contributed by atoms with Gasteiger partial charge in [0.15, 0.2) is 0 Å². The predicted molar refractivity (Wildman–Crippen MR) is 79.5 cm³/mol. The number of aromatic amines is 2. The molecule has 3 aromatic rings. The van der Waals surface area contributed by atoms with Crippen LogP contribution < -0.4 is 0 Å². The minimum absolute atomic E-state index is 0.379. The van der Waals surface area contributed by atoms with Gasteiger partial charge in [-0.2, -0.15) is 5.10 Å². The molecule has 0 amide bonds. The van der Waals surface area contributed by atoms with E-state index in [1.54, 1.807) is 0 Å². The Bertz CT molecular complexity index is 783. The molecule has 0 bridgehead atoms. The minimum atomic E-state index is 0.379. The normalized spacial score (nSPS) is 21.5. The van der Waals surface area contributed by atoms with Crippen molar-refractivity contribution in [1.82, 2.24) is 20.2 Å². The number of nitrogens with one attached hydrogen (secondary N) is 2. The molecule has 4 rings (SSSR count). The van der Waals surface area contributed by atoms with E-state index >= 15 is 0 Å². The first kappa shape index (κ1) is 11.7. The summed E-state index contributed by atoms with van der Waals surface area (Å²) in [5, 5.41) is 8.89. The van der Waals surface area contributed by atoms with E-state index in [1.165, 1.54) is 17.7 Å². The summed E-state index contributed by atoms with van der Waals surface area (Å²) >= 11 is 0. The van der Waals surface area contributed by atoms with Crippen molar-refractivity contribution in [1.29, 1.82) is 0 Å². The van der Waals surface area contributed by atoms with Crippen molar-refractivity contribution in [2.45, 2.75) is 33.1 Å². The largest absolute Gasteiger partial charge is 0.346 e. The number of hydrogen-bond acceptors (Lipinski definition) is 2. The number of H-pyrrole nitrogens is 2. The summed E-state index contributed by atoms with van der Waals surface area (Å²) in [7, 11) is 0. The highest BCUT2D eigenvalue weighted by Crippen LogP contribution is 2.42. The van der Waals surface area contributed by atoms with Crippen molar-refractivity contribution in [3.63, 3.8) is 0 Å². The number of aromatic nitrogens is 4. The Labute approximate surface area is 117 Å². The van der Waals surface area contributed by atoms with E-state index in [2.05, 4.69) is 46.1 Å². The molecule has 2 N–H and O–H groups in total. The molecule has 102 valence electrons. The maximum atomic E-state index is 4.52. The highest BCUT2D eigenvalue weighted by atomic mass is 15.1. The average Bonchev–Trinajstić information content (AvgIpc) is 3.11. The summed E-state index contributed by atoms with van der Waals surface area (Å²) in [4.78, 5) is 7.60. The second-order valence-electron chi connectivity index (χ2n) is 6.19. The van der Waals surface area contributed by atoms with Crippen molar-refractivity contribution in [3.8, 4) is 11.3 Å². The van der Waals surface area contributed by atoms with E-state index in [4.69, 9.17) is 0 Å². The molecule has 1 aliphatic carbocycles. The van der Waals surface area contributed by atoms with E-state index in [0.717, 1.165) is 35.1 Å². The van der Waals surface area contributed by atoms with Crippen LogP contribution in [-0.4, -0.2) is 20.2 Å². The fraction of sp³-hybridized carbons (Fsp3) is 0.375. The monoisotopic (exact) mass is 266 g/mol. The van der Waals surface area contributed by atoms with Gasteiger partial charge >= 0.3 is 0 Å². The number of pyridine rings is 1. The number of hydrogen-bond donors (Lipinski definition) is 2. The number of nitrogens with zero attached hydrogens (tertiary/aromatic N) is 2. The number of rotatable bonds is 2. The minimum Gasteiger partial charge on any atom is -0.346 e. The zero-order chi connectivity index (χ0) is 13.7. The molecule has 0 aromatic carbocycles. The van der Waals surface area contributed by atoms with Gasteiger partial charge in [0.1, 0.15) is 5.65 Å². The molecule has 1 unspecified atom stereocenters. The fourth-order valence-corrected chi connectivity index (χ4v) is 3.21. The zero-order valence-electron chi connectivity index (χ0n) is 11.8. The molecule has 1 atom stereocenters. The Kier molecular flexibility index (Phi) is 2.31. The third kappa shape index (κ3) is 1.60. The molecule has 0 radical (unpaired) electrons. The van der Waals surface area contributed by atoms with E-state index in [1.807, 2.05) is 12.4 Å². The average molecular weight is 266 g/mol. The first-order valence-electron chi connectivity index (χ1n) is 7.18. The smallest absolute Gasteiger partial charge is 0.137 e. The van der Waals surface area contributed by atoms with Gasteiger partial charge in [-0.15, -0.1) is 0 Å². The van der Waals surface area contributed by atoms with Crippen LogP contribution in [0.1, 0.15) is 31.5 Å². The third-order valence-corrected chi connectivity index (χ3v) is 4.69. The van der Waals surface area contributed by atoms with E-state index in [-0.39, 0.29) is 0 Å². The molecule has 0 fully saturated rings. The Balaban J connectivity index is 1.81. The van der Waals surface area contributed by atoms with Crippen LogP contribution in [0.2, 0.25) is 0 Å². The lowest BCUT2D eigenvalue weighted by Gasteiger charge is -2.20. The first-order chi connectivity index (χ1) is 9.68. The van der Waals surface area contributed by atoms with Gasteiger partial charge in [0.25, 0.3) is 0 Å². The molecule has 1 aliphatic rings. The van der Waals surface area contributed by atoms with Gasteiger partial charge in [-0.3, -0.25) is 5.10 Å². The number of fused-ring (bicyclic) bond motifs is 2. The van der Waals surface area contributed by atoms with Crippen LogP contribution in [0, 0.1) is 5.41 Å². The van der Waals surface area contributed by atoms with Gasteiger partial charge in [0.05, 0.1) is 5.69 Å². The highest BCUT2D eigenvalue weighted by molar-refractivity contribution is 5.81. The molecule has 20 heavy (non-hydrogen) atoms. The van der Waals surface area contributed by atoms with Crippen LogP contribution in [0.4, 0.5) is 0 Å². The van der Waals surface area contributed by atoms with E-state index in [0.29, 0.717) is 5.41 Å². The molecule has 0 spiro atoms. The lowest BCUT2D eigenvalue weighted by molar-refractivity contribution is 0.329. The quantitative estimate of drug-likeness (QED) is 0.746. The predicted octanol–water partition coefficient (Wildman–Crippen LogP) is 3.47. The molecule has 4 heteroatoms. The summed E-state index contributed by atoms with van der Waals surface area (Å²) < 4.78 is 0. The fourth-order valence-electron chi connectivity index (χ4n) is 3.21. The van der Waals surface area contributed by atoms with Crippen molar-refractivity contribution in [3.05, 3.63) is 35.8 Å². The van der Waals surface area contributed by atoms with Gasteiger partial charge in [-0.25, -0.2) is 4.98 Å². The first-order valence-corrected chi connectivity index (χ1v) is 7.18. The van der Waals surface area contributed by atoms with Crippen LogP contribution in [0.5, 0.6) is 0 Å². The van der Waals surface area contributed by atoms with Crippen molar-refractivity contribution >= 4 is 11.0 Å². The molecule has 0 saturated carbocycles. The lowest BCUT2D eigenvalue weighted by Crippen LogP contribution is -2.15. The molecular weight excluding hydrogens is 248 g/mol. The molecular formula is C16H18N4. The molecule has 0 saturated heterocycles. The Morgan fingerprint density at radius 1 is 1.35 bits per heavy atom. The van der Waals surface area contributed by atoms with Crippen molar-refractivity contribution < 1.29 is 0 Å². The second kappa shape index (κ2) is 3.95. The van der Waals surface area contributed by atoms with Crippen LogP contribution in [0.15, 0.2) is 24.5 Å². The molecule has 3 heterocycles. The Morgan fingerprint density at radius 2 is 2.25 bits per heavy atom. The van der Waals surface area contributed by atoms with Crippen LogP contribution in [0.25, 0.3) is 22.3 Å². The summed E-state index contributed by atoms with van der Waals surface area (Å²) in [5.74, 6) is 0. The zero-order valence-corrected chi connectivity index (χ0v) is 11.8. The second-order valence-corrected chi connectivity index (χ2v) is 6.19. The van der Waals surface area contributed by atoms with Crippen LogP contribution in [0.3, 0.4) is 0 Å². The van der Waals surface area contributed by atoms with Crippen molar-refractivity contribution in [2.24, 2.45) is 5.41 Å². The Hall–Kier alpha value is -2.10.